The fourth-order valence-corrected chi connectivity index (χ4v) is 6.16. The number of nitrogens with one attached hydrogen (secondary N) is 1. The lowest BCUT2D eigenvalue weighted by Gasteiger charge is -2.14. The van der Waals surface area contributed by atoms with E-state index in [9.17, 15) is 4.79 Å². The van der Waals surface area contributed by atoms with Crippen LogP contribution in [0.25, 0.3) is 21.5 Å². The van der Waals surface area contributed by atoms with Gasteiger partial charge in [0.2, 0.25) is 5.91 Å². The Hall–Kier alpha value is -4.33. The van der Waals surface area contributed by atoms with Gasteiger partial charge in [0.05, 0.1) is 165 Å². The van der Waals surface area contributed by atoms with Crippen molar-refractivity contribution in [3.63, 3.8) is 0 Å². The highest BCUT2D eigenvalue weighted by molar-refractivity contribution is 5.88. The smallest absolute Gasteiger partial charge is 0.260 e. The Labute approximate surface area is 412 Å². The van der Waals surface area contributed by atoms with Crippen LogP contribution in [0, 0.1) is 0 Å². The molecule has 1 amide bonds. The first-order valence-corrected chi connectivity index (χ1v) is 24.4. The van der Waals surface area contributed by atoms with Crippen LogP contribution in [0.15, 0.2) is 29.4 Å². The van der Waals surface area contributed by atoms with Gasteiger partial charge in [0.1, 0.15) is 16.9 Å². The van der Waals surface area contributed by atoms with Gasteiger partial charge < -0.3 is 77.2 Å². The van der Waals surface area contributed by atoms with E-state index in [4.69, 9.17) is 77.8 Å². The van der Waals surface area contributed by atoms with Gasteiger partial charge in [-0.2, -0.15) is 0 Å². The van der Waals surface area contributed by atoms with Crippen LogP contribution < -0.4 is 15.8 Å². The summed E-state index contributed by atoms with van der Waals surface area (Å²) in [5, 5.41) is 14.7. The third kappa shape index (κ3) is 29.1. The van der Waals surface area contributed by atoms with E-state index in [2.05, 4.69) is 49.2 Å². The zero-order chi connectivity index (χ0) is 50.0. The van der Waals surface area contributed by atoms with Gasteiger partial charge in [-0.1, -0.05) is 42.7 Å². The van der Waals surface area contributed by atoms with Crippen molar-refractivity contribution in [3.8, 4) is 5.88 Å². The number of aromatic nitrogens is 4. The number of nitrogen functional groups attached to an aromatic ring is 1. The second-order valence-corrected chi connectivity index (χ2v) is 15.6. The predicted octanol–water partition coefficient (Wildman–Crippen LogP) is 4.10. The molecule has 0 aliphatic heterocycles. The number of aryl methyl sites for hydroxylation is 1. The lowest BCUT2D eigenvalue weighted by Crippen LogP contribution is -2.24. The topological polar surface area (TPSA) is 267 Å². The number of fused-ring (bicyclic) bond motifs is 1. The molecule has 70 heavy (non-hydrogen) atoms. The quantitative estimate of drug-likeness (QED) is 0.0349. The van der Waals surface area contributed by atoms with Gasteiger partial charge in [0, 0.05) is 37.4 Å². The molecule has 396 valence electrons. The first kappa shape index (κ1) is 60.0. The minimum absolute atomic E-state index is 0.0813. The highest BCUT2D eigenvalue weighted by Gasteiger charge is 2.20. The van der Waals surface area contributed by atoms with Crippen molar-refractivity contribution in [3.05, 3.63) is 51.7 Å². The zero-order valence-electron chi connectivity index (χ0n) is 41.7. The molecule has 1 aromatic carbocycles. The number of imidazole rings is 1. The number of hydrogen-bond donors (Lipinski definition) is 2. The summed E-state index contributed by atoms with van der Waals surface area (Å²) < 4.78 is 73.8. The van der Waals surface area contributed by atoms with Crippen LogP contribution in [0.1, 0.15) is 57.0 Å². The van der Waals surface area contributed by atoms with E-state index in [1.54, 1.807) is 0 Å². The minimum atomic E-state index is -0.0845. The summed E-state index contributed by atoms with van der Waals surface area (Å²) >= 11 is 0. The molecule has 3 aromatic rings. The van der Waals surface area contributed by atoms with Gasteiger partial charge in [-0.15, -0.1) is 10.2 Å². The van der Waals surface area contributed by atoms with Crippen molar-refractivity contribution in [1.82, 2.24) is 25.1 Å². The molecule has 23 heteroatoms. The molecule has 23 nitrogen and oxygen atoms in total. The van der Waals surface area contributed by atoms with Gasteiger partial charge in [-0.3, -0.25) is 4.79 Å². The summed E-state index contributed by atoms with van der Waals surface area (Å²) in [5.41, 5.74) is 17.8. The van der Waals surface area contributed by atoms with Crippen molar-refractivity contribution in [1.29, 1.82) is 0 Å². The number of azide groups is 1. The number of carbonyl (C=O) groups excluding carboxylic acids is 1. The van der Waals surface area contributed by atoms with Crippen LogP contribution in [0.5, 0.6) is 5.88 Å². The first-order chi connectivity index (χ1) is 34.4. The maximum atomic E-state index is 12.4. The third-order valence-corrected chi connectivity index (χ3v) is 9.66. The number of nitrogens with zero attached hydrogens (tertiary/aromatic N) is 7. The molecule has 3 N–H and O–H groups in total. The predicted molar refractivity (Wildman–Crippen MR) is 260 cm³/mol. The molecule has 0 unspecified atom stereocenters. The molecule has 0 radical (unpaired) electrons. The number of hydrogen-bond acceptors (Lipinski definition) is 19. The molecular formula is C47H79N9O14. The Balaban J connectivity index is 1.02. The molecule has 0 bridgehead atoms. The summed E-state index contributed by atoms with van der Waals surface area (Å²) in [5.74, 6) is 1.54. The van der Waals surface area contributed by atoms with Crippen LogP contribution in [0.3, 0.4) is 0 Å². The second-order valence-electron chi connectivity index (χ2n) is 15.6. The lowest BCUT2D eigenvalue weighted by molar-refractivity contribution is -0.122. The van der Waals surface area contributed by atoms with Gasteiger partial charge in [-0.25, -0.2) is 4.98 Å². The first-order valence-electron chi connectivity index (χ1n) is 24.4. The average molecular weight is 994 g/mol. The third-order valence-electron chi connectivity index (χ3n) is 9.66. The van der Waals surface area contributed by atoms with Crippen LogP contribution in [-0.4, -0.2) is 197 Å². The van der Waals surface area contributed by atoms with Gasteiger partial charge in [-0.05, 0) is 36.9 Å². The lowest BCUT2D eigenvalue weighted by atomic mass is 10.1. The van der Waals surface area contributed by atoms with Crippen molar-refractivity contribution < 1.29 is 66.4 Å². The minimum Gasteiger partial charge on any atom is -0.472 e. The standard InChI is InChI=1S/C47H79N9O14/c1-4-5-6-42-52-44-45(47(70-39(2)3)54-53-46(44)48)56(42)38-41-9-7-40(8-10-41)37-50-43(57)11-13-58-15-17-60-19-21-62-23-25-64-27-29-66-31-33-68-35-36-69-34-32-67-30-28-65-26-24-63-22-20-61-18-16-59-14-12-51-55-49/h7-10,39H,4-6,11-38H2,1-3H3,(H2,48,53)(H,50,57). The molecule has 2 aromatic heterocycles. The normalized spacial score (nSPS) is 11.5. The monoisotopic (exact) mass is 994 g/mol. The summed E-state index contributed by atoms with van der Waals surface area (Å²) in [6.07, 6.45) is 3.01. The number of amides is 1. The van der Waals surface area contributed by atoms with Crippen LogP contribution >= 0.6 is 0 Å². The highest BCUT2D eigenvalue weighted by Crippen LogP contribution is 2.29. The molecule has 3 rings (SSSR count). The van der Waals surface area contributed by atoms with Gasteiger partial charge in [0.15, 0.2) is 5.82 Å². The molecule has 0 fully saturated rings. The van der Waals surface area contributed by atoms with E-state index in [-0.39, 0.29) is 24.2 Å². The number of carbonyl (C=O) groups is 1. The largest absolute Gasteiger partial charge is 0.472 e. The number of unbranched alkanes of at least 4 members (excludes halogenated alkanes) is 1. The van der Waals surface area contributed by atoms with Crippen LogP contribution in [0.4, 0.5) is 5.82 Å². The highest BCUT2D eigenvalue weighted by atomic mass is 16.6. The number of anilines is 1. The summed E-state index contributed by atoms with van der Waals surface area (Å²) in [7, 11) is 0. The number of nitrogens with two attached hydrogens (primary N) is 1. The number of rotatable bonds is 48. The Morgan fingerprint density at radius 3 is 1.47 bits per heavy atom. The average Bonchev–Trinajstić information content (AvgIpc) is 3.73. The van der Waals surface area contributed by atoms with Crippen molar-refractivity contribution >= 4 is 22.8 Å². The molecule has 0 aliphatic carbocycles. The van der Waals surface area contributed by atoms with Crippen LogP contribution in [-0.2, 0) is 81.1 Å². The van der Waals surface area contributed by atoms with E-state index in [1.165, 1.54) is 0 Å². The molecule has 0 spiro atoms. The maximum Gasteiger partial charge on any atom is 0.260 e. The SMILES string of the molecule is CCCCc1nc2c(N)nnc(OC(C)C)c2n1Cc1ccc(CNC(=O)CCOCCOCCOCCOCCOCCOCCOCCOCCOCCOCCOCCOCCN=[N+]=[N-])cc1. The number of ether oxygens (including phenoxy) is 13. The molecule has 0 atom stereocenters. The molecule has 0 aliphatic rings. The van der Waals surface area contributed by atoms with E-state index < -0.39 is 0 Å². The summed E-state index contributed by atoms with van der Waals surface area (Å²) in [6, 6.07) is 8.14. The van der Waals surface area contributed by atoms with Crippen molar-refractivity contribution in [2.75, 3.05) is 171 Å². The van der Waals surface area contributed by atoms with Crippen molar-refractivity contribution in [2.45, 2.75) is 65.6 Å². The second kappa shape index (κ2) is 41.3. The molecule has 2 heterocycles. The van der Waals surface area contributed by atoms with Crippen molar-refractivity contribution in [2.24, 2.45) is 5.11 Å². The van der Waals surface area contributed by atoms with E-state index >= 15 is 0 Å². The summed E-state index contributed by atoms with van der Waals surface area (Å²) in [6.45, 7) is 18.3. The Kier molecular flexibility index (Phi) is 35.4. The van der Waals surface area contributed by atoms with Crippen LogP contribution in [0.2, 0.25) is 0 Å². The molecule has 0 saturated heterocycles. The zero-order valence-corrected chi connectivity index (χ0v) is 41.7. The van der Waals surface area contributed by atoms with E-state index in [1.807, 2.05) is 26.0 Å². The Morgan fingerprint density at radius 2 is 1.06 bits per heavy atom. The van der Waals surface area contributed by atoms with Gasteiger partial charge in [0.25, 0.3) is 5.88 Å². The summed E-state index contributed by atoms with van der Waals surface area (Å²) in [4.78, 5) is 19.9. The fraction of sp³-hybridized carbons (Fsp3) is 0.745. The maximum absolute atomic E-state index is 12.4. The molecule has 0 saturated carbocycles. The molecular weight excluding hydrogens is 915 g/mol. The van der Waals surface area contributed by atoms with E-state index in [0.717, 1.165) is 41.7 Å². The Bertz CT molecular complexity index is 1810. The fourth-order valence-electron chi connectivity index (χ4n) is 6.16. The van der Waals surface area contributed by atoms with Gasteiger partial charge >= 0.3 is 0 Å². The van der Waals surface area contributed by atoms with E-state index in [0.29, 0.717) is 190 Å². The Morgan fingerprint density at radius 1 is 0.643 bits per heavy atom. The number of benzene rings is 1.